The summed E-state index contributed by atoms with van der Waals surface area (Å²) in [5, 5.41) is 8.81. The number of hydrogen-bond acceptors (Lipinski definition) is 5. The van der Waals surface area contributed by atoms with E-state index >= 15 is 0 Å². The third-order valence-electron chi connectivity index (χ3n) is 2.00. The summed E-state index contributed by atoms with van der Waals surface area (Å²) in [6, 6.07) is 5.45. The second-order valence-corrected chi connectivity index (χ2v) is 4.52. The molecule has 0 aliphatic carbocycles. The zero-order chi connectivity index (χ0) is 11.5. The third kappa shape index (κ3) is 2.48. The number of aromatic nitrogens is 2. The predicted molar refractivity (Wildman–Crippen MR) is 64.5 cm³/mol. The standard InChI is InChI=1S/C10H10ClN3OS/c1-6-13-14-10(15-6)16-5-7-8(11)3-2-4-9(7)12/h2-4H,5,12H2,1H3. The first-order valence-electron chi connectivity index (χ1n) is 4.62. The summed E-state index contributed by atoms with van der Waals surface area (Å²) in [7, 11) is 0. The fraction of sp³-hybridized carbons (Fsp3) is 0.200. The van der Waals surface area contributed by atoms with E-state index in [1.807, 2.05) is 18.2 Å². The Balaban J connectivity index is 2.10. The van der Waals surface area contributed by atoms with Crippen LogP contribution in [-0.2, 0) is 5.75 Å². The van der Waals surface area contributed by atoms with Gasteiger partial charge in [0.1, 0.15) is 0 Å². The van der Waals surface area contributed by atoms with Crippen LogP contribution >= 0.6 is 23.4 Å². The van der Waals surface area contributed by atoms with Gasteiger partial charge in [0.15, 0.2) is 0 Å². The molecule has 84 valence electrons. The maximum Gasteiger partial charge on any atom is 0.276 e. The fourth-order valence-corrected chi connectivity index (χ4v) is 2.39. The third-order valence-corrected chi connectivity index (χ3v) is 3.20. The smallest absolute Gasteiger partial charge is 0.276 e. The van der Waals surface area contributed by atoms with Gasteiger partial charge in [-0.2, -0.15) is 0 Å². The Bertz CT molecular complexity index is 480. The molecule has 0 saturated heterocycles. The number of hydrogen-bond donors (Lipinski definition) is 1. The van der Waals surface area contributed by atoms with Crippen LogP contribution in [0.25, 0.3) is 0 Å². The molecule has 0 unspecified atom stereocenters. The van der Waals surface area contributed by atoms with Gasteiger partial charge < -0.3 is 10.2 Å². The number of benzene rings is 1. The molecule has 0 spiro atoms. The topological polar surface area (TPSA) is 64.9 Å². The van der Waals surface area contributed by atoms with Crippen LogP contribution in [0.5, 0.6) is 0 Å². The molecule has 0 amide bonds. The van der Waals surface area contributed by atoms with Crippen molar-refractivity contribution in [3.63, 3.8) is 0 Å². The van der Waals surface area contributed by atoms with Crippen LogP contribution < -0.4 is 5.73 Å². The van der Waals surface area contributed by atoms with Gasteiger partial charge in [-0.05, 0) is 12.1 Å². The Kier molecular flexibility index (Phi) is 3.36. The number of nitrogen functional groups attached to an aromatic ring is 1. The summed E-state index contributed by atoms with van der Waals surface area (Å²) in [5.41, 5.74) is 7.40. The van der Waals surface area contributed by atoms with Gasteiger partial charge in [-0.3, -0.25) is 0 Å². The zero-order valence-corrected chi connectivity index (χ0v) is 10.2. The number of nitrogens with two attached hydrogens (primary N) is 1. The second kappa shape index (κ2) is 4.76. The monoisotopic (exact) mass is 255 g/mol. The summed E-state index contributed by atoms with van der Waals surface area (Å²) in [5.74, 6) is 1.17. The average Bonchev–Trinajstić information content (AvgIpc) is 2.63. The Morgan fingerprint density at radius 1 is 1.44 bits per heavy atom. The minimum absolute atomic E-state index is 0.525. The molecule has 0 saturated carbocycles. The van der Waals surface area contributed by atoms with Gasteiger partial charge in [0.2, 0.25) is 5.89 Å². The molecular formula is C10H10ClN3OS. The van der Waals surface area contributed by atoms with Gasteiger partial charge >= 0.3 is 0 Å². The minimum Gasteiger partial charge on any atom is -0.416 e. The molecule has 4 nitrogen and oxygen atoms in total. The van der Waals surface area contributed by atoms with Crippen molar-refractivity contribution in [3.05, 3.63) is 34.7 Å². The largest absolute Gasteiger partial charge is 0.416 e. The maximum absolute atomic E-state index is 6.04. The molecule has 2 rings (SSSR count). The van der Waals surface area contributed by atoms with Crippen LogP contribution in [0.2, 0.25) is 5.02 Å². The average molecular weight is 256 g/mol. The van der Waals surface area contributed by atoms with Gasteiger partial charge in [-0.1, -0.05) is 29.4 Å². The Hall–Kier alpha value is -1.20. The quantitative estimate of drug-likeness (QED) is 0.675. The van der Waals surface area contributed by atoms with Crippen molar-refractivity contribution in [2.24, 2.45) is 0 Å². The van der Waals surface area contributed by atoms with Gasteiger partial charge in [-0.15, -0.1) is 10.2 Å². The lowest BCUT2D eigenvalue weighted by Gasteiger charge is -2.05. The fourth-order valence-electron chi connectivity index (χ4n) is 1.20. The van der Waals surface area contributed by atoms with E-state index in [-0.39, 0.29) is 0 Å². The van der Waals surface area contributed by atoms with Crippen molar-refractivity contribution in [2.45, 2.75) is 17.9 Å². The van der Waals surface area contributed by atoms with Crippen molar-refractivity contribution in [2.75, 3.05) is 5.73 Å². The molecule has 0 atom stereocenters. The molecule has 2 N–H and O–H groups in total. The number of halogens is 1. The molecule has 0 aliphatic rings. The van der Waals surface area contributed by atoms with Crippen molar-refractivity contribution < 1.29 is 4.42 Å². The SMILES string of the molecule is Cc1nnc(SCc2c(N)cccc2Cl)o1. The summed E-state index contributed by atoms with van der Waals surface area (Å²) in [4.78, 5) is 0. The van der Waals surface area contributed by atoms with Crippen LogP contribution in [0.3, 0.4) is 0 Å². The van der Waals surface area contributed by atoms with Crippen LogP contribution in [0.15, 0.2) is 27.8 Å². The first-order chi connectivity index (χ1) is 7.66. The molecule has 0 aliphatic heterocycles. The highest BCUT2D eigenvalue weighted by molar-refractivity contribution is 7.98. The molecule has 6 heteroatoms. The van der Waals surface area contributed by atoms with Gasteiger partial charge in [0.05, 0.1) is 0 Å². The molecular weight excluding hydrogens is 246 g/mol. The first kappa shape index (κ1) is 11.3. The van der Waals surface area contributed by atoms with E-state index in [0.29, 0.717) is 27.6 Å². The molecule has 1 aromatic carbocycles. The van der Waals surface area contributed by atoms with E-state index in [1.165, 1.54) is 11.8 Å². The van der Waals surface area contributed by atoms with Crippen molar-refractivity contribution in [1.82, 2.24) is 10.2 Å². The van der Waals surface area contributed by atoms with E-state index in [9.17, 15) is 0 Å². The van der Waals surface area contributed by atoms with Crippen molar-refractivity contribution >= 4 is 29.1 Å². The van der Waals surface area contributed by atoms with Crippen LogP contribution in [0, 0.1) is 6.92 Å². The van der Waals surface area contributed by atoms with E-state index in [0.717, 1.165) is 5.56 Å². The highest BCUT2D eigenvalue weighted by Crippen LogP contribution is 2.29. The van der Waals surface area contributed by atoms with E-state index in [2.05, 4.69) is 10.2 Å². The highest BCUT2D eigenvalue weighted by atomic mass is 35.5. The van der Waals surface area contributed by atoms with Crippen LogP contribution in [0.1, 0.15) is 11.5 Å². The Labute approximate surface area is 102 Å². The number of rotatable bonds is 3. The molecule has 0 bridgehead atoms. The summed E-state index contributed by atoms with van der Waals surface area (Å²) in [6.07, 6.45) is 0. The minimum atomic E-state index is 0.525. The number of anilines is 1. The molecule has 0 radical (unpaired) electrons. The molecule has 1 aromatic heterocycles. The summed E-state index contributed by atoms with van der Waals surface area (Å²) >= 11 is 7.46. The van der Waals surface area contributed by atoms with Crippen molar-refractivity contribution in [3.8, 4) is 0 Å². The predicted octanol–water partition coefficient (Wildman–Crippen LogP) is 2.91. The van der Waals surface area contributed by atoms with E-state index in [4.69, 9.17) is 21.8 Å². The molecule has 2 aromatic rings. The number of nitrogens with zero attached hydrogens (tertiary/aromatic N) is 2. The summed E-state index contributed by atoms with van der Waals surface area (Å²) in [6.45, 7) is 1.75. The number of aryl methyl sites for hydroxylation is 1. The maximum atomic E-state index is 6.04. The van der Waals surface area contributed by atoms with Crippen molar-refractivity contribution in [1.29, 1.82) is 0 Å². The zero-order valence-electron chi connectivity index (χ0n) is 8.61. The highest BCUT2D eigenvalue weighted by Gasteiger charge is 2.08. The summed E-state index contributed by atoms with van der Waals surface area (Å²) < 4.78 is 5.24. The van der Waals surface area contributed by atoms with Crippen LogP contribution in [0.4, 0.5) is 5.69 Å². The molecule has 0 fully saturated rings. The lowest BCUT2D eigenvalue weighted by atomic mass is 10.2. The Morgan fingerprint density at radius 2 is 2.25 bits per heavy atom. The molecule has 1 heterocycles. The van der Waals surface area contributed by atoms with Crippen LogP contribution in [-0.4, -0.2) is 10.2 Å². The lowest BCUT2D eigenvalue weighted by Crippen LogP contribution is -1.93. The van der Waals surface area contributed by atoms with Gasteiger partial charge in [-0.25, -0.2) is 0 Å². The van der Waals surface area contributed by atoms with Gasteiger partial charge in [0, 0.05) is 29.0 Å². The first-order valence-corrected chi connectivity index (χ1v) is 5.99. The lowest BCUT2D eigenvalue weighted by molar-refractivity contribution is 0.429. The second-order valence-electron chi connectivity index (χ2n) is 3.18. The normalized spacial score (nSPS) is 10.6. The van der Waals surface area contributed by atoms with E-state index in [1.54, 1.807) is 6.92 Å². The molecule has 16 heavy (non-hydrogen) atoms. The van der Waals surface area contributed by atoms with E-state index < -0.39 is 0 Å². The van der Waals surface area contributed by atoms with Gasteiger partial charge in [0.25, 0.3) is 5.22 Å². The Morgan fingerprint density at radius 3 is 2.88 bits per heavy atom. The number of thioether (sulfide) groups is 1.